The van der Waals surface area contributed by atoms with Crippen LogP contribution >= 0.6 is 0 Å². The first kappa shape index (κ1) is 43.0. The summed E-state index contributed by atoms with van der Waals surface area (Å²) in [6, 6.07) is 9.12. The first-order chi connectivity index (χ1) is 27.7. The summed E-state index contributed by atoms with van der Waals surface area (Å²) in [5, 5.41) is 6.31. The molecule has 4 fully saturated rings. The topological polar surface area (TPSA) is 176 Å². The number of amides is 2. The van der Waals surface area contributed by atoms with E-state index in [9.17, 15) is 35.5 Å². The van der Waals surface area contributed by atoms with Crippen LogP contribution in [0.5, 0.6) is 0 Å². The van der Waals surface area contributed by atoms with E-state index in [4.69, 9.17) is 0 Å². The van der Waals surface area contributed by atoms with Gasteiger partial charge in [0.25, 0.3) is 10.1 Å². The van der Waals surface area contributed by atoms with Crippen molar-refractivity contribution in [1.82, 2.24) is 10.6 Å². The number of carbonyl (C=O) groups is 2. The molecule has 0 unspecified atom stereocenters. The minimum Gasteiger partial charge on any atom is -0.744 e. The first-order valence-corrected chi connectivity index (χ1v) is 23.8. The number of anilines is 1. The minimum absolute atomic E-state index is 0.0268. The number of benzene rings is 2. The highest BCUT2D eigenvalue weighted by atomic mass is 32.2. The predicted molar refractivity (Wildman–Crippen MR) is 226 cm³/mol. The molecule has 8 rings (SSSR count). The largest absolute Gasteiger partial charge is 0.744 e. The smallest absolute Gasteiger partial charge is 0.294 e. The monoisotopic (exact) mass is 846 g/mol. The second-order valence-corrected chi connectivity index (χ2v) is 21.4. The van der Waals surface area contributed by atoms with E-state index in [1.807, 2.05) is 70.0 Å². The van der Waals surface area contributed by atoms with Gasteiger partial charge >= 0.3 is 0 Å². The molecule has 2 aromatic carbocycles. The molecule has 4 bridgehead atoms. The van der Waals surface area contributed by atoms with E-state index in [2.05, 4.69) is 15.2 Å². The molecular weight excluding hydrogens is 789 g/mol. The Kier molecular flexibility index (Phi) is 11.7. The average molecular weight is 847 g/mol. The van der Waals surface area contributed by atoms with Crippen molar-refractivity contribution >= 4 is 49.1 Å². The van der Waals surface area contributed by atoms with Crippen LogP contribution in [-0.4, -0.2) is 73.7 Å². The lowest BCUT2D eigenvalue weighted by atomic mass is 9.53. The zero-order valence-corrected chi connectivity index (χ0v) is 36.4. The lowest BCUT2D eigenvalue weighted by molar-refractivity contribution is -0.438. The Hall–Kier alpha value is -4.11. The van der Waals surface area contributed by atoms with Crippen molar-refractivity contribution in [2.24, 2.45) is 17.8 Å². The fraction of sp³-hybridized carbons (Fsp3) is 0.533. The van der Waals surface area contributed by atoms with Gasteiger partial charge < -0.3 is 20.1 Å². The Morgan fingerprint density at radius 3 is 2.12 bits per heavy atom. The Balaban J connectivity index is 0.962. The molecule has 0 aromatic heterocycles. The second-order valence-electron chi connectivity index (χ2n) is 18.6. The molecule has 14 heteroatoms. The Bertz CT molecular complexity index is 2340. The van der Waals surface area contributed by atoms with Gasteiger partial charge in [0.15, 0.2) is 5.71 Å². The summed E-state index contributed by atoms with van der Waals surface area (Å²) in [6.07, 6.45) is 19.8. The molecule has 0 atom stereocenters. The third kappa shape index (κ3) is 8.87. The molecule has 4 aliphatic carbocycles. The number of nitrogens with zero attached hydrogens (tertiary/aromatic N) is 2. The Morgan fingerprint density at radius 2 is 1.47 bits per heavy atom. The fourth-order valence-electron chi connectivity index (χ4n) is 11.1. The molecule has 2 heterocycles. The van der Waals surface area contributed by atoms with E-state index < -0.39 is 31.1 Å². The standard InChI is InChI=1S/C45H58N4O8S2/c1-43(2)35-25-33(58(52,53)54)15-17-37(35)48(5)39(43)12-8-6-9-13-40-44(3,4)36-26-34(59(55,56)57)16-18-38(36)49(40)21-11-7-10-14-41(50)46-20-19-42(51)47-45-27-30-22-31(28-45)24-32(23-30)29-45/h6,8-9,12-13,15-18,25-26,30-32H,7,10-11,14,19-24,27-29H2,1-5H3,(H3-,46,47,50,51,52,53,54,55,56,57). The van der Waals surface area contributed by atoms with E-state index in [-0.39, 0.29) is 33.6 Å². The third-order valence-corrected chi connectivity index (χ3v) is 15.3. The molecule has 2 amide bonds. The van der Waals surface area contributed by atoms with Gasteiger partial charge in [0.1, 0.15) is 16.7 Å². The molecule has 3 N–H and O–H groups in total. The highest BCUT2D eigenvalue weighted by molar-refractivity contribution is 7.86. The molecule has 6 aliphatic rings. The third-order valence-electron chi connectivity index (χ3n) is 13.6. The Morgan fingerprint density at radius 1 is 0.831 bits per heavy atom. The van der Waals surface area contributed by atoms with Gasteiger partial charge in [0.05, 0.1) is 15.2 Å². The summed E-state index contributed by atoms with van der Waals surface area (Å²) in [5.41, 5.74) is 3.88. The molecule has 0 radical (unpaired) electrons. The van der Waals surface area contributed by atoms with Gasteiger partial charge in [0, 0.05) is 72.9 Å². The lowest BCUT2D eigenvalue weighted by Gasteiger charge is -2.56. The molecule has 0 spiro atoms. The van der Waals surface area contributed by atoms with Gasteiger partial charge in [-0.05, 0) is 125 Å². The summed E-state index contributed by atoms with van der Waals surface area (Å²) in [4.78, 5) is 27.1. The summed E-state index contributed by atoms with van der Waals surface area (Å²) in [6.45, 7) is 8.94. The first-order valence-electron chi connectivity index (χ1n) is 20.9. The van der Waals surface area contributed by atoms with Crippen LogP contribution in [0.3, 0.4) is 0 Å². The van der Waals surface area contributed by atoms with Gasteiger partial charge in [-0.15, -0.1) is 0 Å². The van der Waals surface area contributed by atoms with Crippen LogP contribution < -0.4 is 15.5 Å². The summed E-state index contributed by atoms with van der Waals surface area (Å²) < 4.78 is 71.4. The van der Waals surface area contributed by atoms with Crippen LogP contribution in [0.4, 0.5) is 11.4 Å². The number of hydrogen-bond acceptors (Lipinski definition) is 8. The molecule has 2 aromatic rings. The van der Waals surface area contributed by atoms with E-state index in [0.29, 0.717) is 25.9 Å². The average Bonchev–Trinajstić information content (AvgIpc) is 3.46. The van der Waals surface area contributed by atoms with Crippen molar-refractivity contribution < 1.29 is 40.1 Å². The molecule has 59 heavy (non-hydrogen) atoms. The van der Waals surface area contributed by atoms with Crippen molar-refractivity contribution in [2.45, 2.75) is 124 Å². The molecular formula is C45H58N4O8S2. The number of likely N-dealkylation sites (N-methyl/N-ethyl adjacent to an activating group) is 1. The molecule has 0 saturated heterocycles. The van der Waals surface area contributed by atoms with Crippen molar-refractivity contribution in [1.29, 1.82) is 0 Å². The number of fused-ring (bicyclic) bond motifs is 2. The highest BCUT2D eigenvalue weighted by Gasteiger charge is 2.51. The summed E-state index contributed by atoms with van der Waals surface area (Å²) in [5.74, 6) is 2.23. The van der Waals surface area contributed by atoms with E-state index >= 15 is 0 Å². The lowest BCUT2D eigenvalue weighted by Crippen LogP contribution is -2.60. The quantitative estimate of drug-likeness (QED) is 0.0755. The molecule has 4 saturated carbocycles. The van der Waals surface area contributed by atoms with Crippen LogP contribution in [-0.2, 0) is 40.7 Å². The number of allylic oxidation sites excluding steroid dienone is 6. The number of rotatable bonds is 15. The van der Waals surface area contributed by atoms with Crippen LogP contribution in [0, 0.1) is 17.8 Å². The van der Waals surface area contributed by atoms with Gasteiger partial charge in [0.2, 0.25) is 17.5 Å². The highest BCUT2D eigenvalue weighted by Crippen LogP contribution is 2.55. The van der Waals surface area contributed by atoms with Crippen molar-refractivity contribution in [2.75, 3.05) is 25.0 Å². The van der Waals surface area contributed by atoms with Gasteiger partial charge in [-0.25, -0.2) is 8.42 Å². The number of carbonyl (C=O) groups excluding carboxylic acids is 2. The van der Waals surface area contributed by atoms with Crippen LogP contribution in [0.2, 0.25) is 0 Å². The SMILES string of the molecule is CN1/C(=C/C=C/C=C/C2=[N+](CCCCCC(=O)NCCC(=O)NC34CC5CC(CC(C5)C3)C4)c3ccc(S(=O)(=O)[O-])cc3C2(C)C)C(C)(C)c2cc(S(=O)(=O)O)ccc21. The van der Waals surface area contributed by atoms with Crippen LogP contribution in [0.1, 0.15) is 109 Å². The van der Waals surface area contributed by atoms with Crippen molar-refractivity contribution in [3.05, 3.63) is 83.6 Å². The van der Waals surface area contributed by atoms with Crippen molar-refractivity contribution in [3.8, 4) is 0 Å². The second kappa shape index (κ2) is 16.1. The number of nitrogens with one attached hydrogen (secondary N) is 2. The zero-order valence-electron chi connectivity index (χ0n) is 34.8. The normalized spacial score (nSPS) is 26.0. The maximum absolute atomic E-state index is 12.9. The number of unbranched alkanes of at least 4 members (excludes halogenated alkanes) is 2. The molecule has 2 aliphatic heterocycles. The molecule has 12 nitrogen and oxygen atoms in total. The van der Waals surface area contributed by atoms with E-state index in [0.717, 1.165) is 83.8 Å². The summed E-state index contributed by atoms with van der Waals surface area (Å²) >= 11 is 0. The molecule has 318 valence electrons. The summed E-state index contributed by atoms with van der Waals surface area (Å²) in [7, 11) is -7.10. The van der Waals surface area contributed by atoms with E-state index in [1.54, 1.807) is 12.1 Å². The maximum Gasteiger partial charge on any atom is 0.294 e. The zero-order chi connectivity index (χ0) is 42.5. The maximum atomic E-state index is 12.9. The number of hydrogen-bond donors (Lipinski definition) is 3. The van der Waals surface area contributed by atoms with Crippen molar-refractivity contribution in [3.63, 3.8) is 0 Å². The fourth-order valence-corrected chi connectivity index (χ4v) is 12.1. The van der Waals surface area contributed by atoms with Crippen LogP contribution in [0.15, 0.2) is 82.3 Å². The van der Waals surface area contributed by atoms with Crippen LogP contribution in [0.25, 0.3) is 0 Å². The van der Waals surface area contributed by atoms with Gasteiger partial charge in [-0.3, -0.25) is 14.1 Å². The minimum atomic E-state index is -4.66. The predicted octanol–water partition coefficient (Wildman–Crippen LogP) is 6.79. The van der Waals surface area contributed by atoms with Gasteiger partial charge in [-0.2, -0.15) is 13.0 Å². The van der Waals surface area contributed by atoms with Gasteiger partial charge in [-0.1, -0.05) is 32.1 Å². The Labute approximate surface area is 349 Å². The van der Waals surface area contributed by atoms with E-state index in [1.165, 1.54) is 43.5 Å².